The molecule has 0 spiro atoms. The molecule has 3 heterocycles. The minimum absolute atomic E-state index is 0.123. The van der Waals surface area contributed by atoms with Crippen LogP contribution >= 0.6 is 0 Å². The number of aromatic nitrogens is 1. The lowest BCUT2D eigenvalue weighted by molar-refractivity contribution is -0.149. The second-order valence-electron chi connectivity index (χ2n) is 11.0. The predicted molar refractivity (Wildman–Crippen MR) is 153 cm³/mol. The number of carbonyl (C=O) groups is 1. The van der Waals surface area contributed by atoms with Crippen molar-refractivity contribution < 1.29 is 18.7 Å². The summed E-state index contributed by atoms with van der Waals surface area (Å²) >= 11 is 0. The molecule has 2 aromatic rings. The molecule has 4 rings (SSSR count). The lowest BCUT2D eigenvalue weighted by atomic mass is 9.95. The Balaban J connectivity index is 1.29. The van der Waals surface area contributed by atoms with Gasteiger partial charge in [-0.3, -0.25) is 4.90 Å². The van der Waals surface area contributed by atoms with Crippen LogP contribution in [0, 0.1) is 5.82 Å². The fraction of sp³-hybridized carbons (Fsp3) is 0.613. The van der Waals surface area contributed by atoms with Gasteiger partial charge in [0.25, 0.3) is 0 Å². The van der Waals surface area contributed by atoms with Gasteiger partial charge in [0.05, 0.1) is 13.7 Å². The molecule has 0 amide bonds. The molecule has 2 atom stereocenters. The first-order chi connectivity index (χ1) is 18.9. The van der Waals surface area contributed by atoms with Crippen molar-refractivity contribution in [2.75, 3.05) is 45.2 Å². The number of hydrogen-bond acceptors (Lipinski definition) is 7. The number of methoxy groups -OCH3 is 1. The number of benzene rings is 1. The van der Waals surface area contributed by atoms with Crippen molar-refractivity contribution in [3.63, 3.8) is 0 Å². The number of nitrogens with zero attached hydrogens (tertiary/aromatic N) is 2. The molecule has 0 bridgehead atoms. The van der Waals surface area contributed by atoms with Crippen LogP contribution in [0.5, 0.6) is 5.75 Å². The zero-order valence-electron chi connectivity index (χ0n) is 24.0. The number of aryl methyl sites for hydroxylation is 2. The smallest absolute Gasteiger partial charge is 0.328 e. The Labute approximate surface area is 232 Å². The average Bonchev–Trinajstić information content (AvgIpc) is 3.38. The van der Waals surface area contributed by atoms with Gasteiger partial charge < -0.3 is 20.1 Å². The van der Waals surface area contributed by atoms with Crippen molar-refractivity contribution >= 4 is 11.8 Å². The Hall–Kier alpha value is -2.71. The minimum Gasteiger partial charge on any atom is -0.493 e. The van der Waals surface area contributed by atoms with Gasteiger partial charge in [0, 0.05) is 36.9 Å². The zero-order valence-corrected chi connectivity index (χ0v) is 24.0. The topological polar surface area (TPSA) is 75.7 Å². The first-order valence-electron chi connectivity index (χ1n) is 14.6. The van der Waals surface area contributed by atoms with Crippen LogP contribution < -0.4 is 15.4 Å². The summed E-state index contributed by atoms with van der Waals surface area (Å²) in [6.07, 6.45) is 7.58. The standard InChI is InChI=1S/C31H45FN4O3/c1-5-39-31(37)28(26-18-23(21(2)3)19-27(32)29(26)38-4)36-17-14-25(20-36)33-15-8-6-7-11-24-13-12-22-10-9-16-34-30(22)35-24/h12-13,18-19,21,25,28,33H,5-11,14-17,20H2,1-4H3,(H,34,35)/t25-,28?/m1/s1. The number of ether oxygens (including phenoxy) is 2. The number of esters is 1. The van der Waals surface area contributed by atoms with Gasteiger partial charge in [-0.15, -0.1) is 0 Å². The number of hydrogen-bond donors (Lipinski definition) is 2. The van der Waals surface area contributed by atoms with Crippen molar-refractivity contribution in [2.24, 2.45) is 0 Å². The maximum atomic E-state index is 15.0. The van der Waals surface area contributed by atoms with Crippen molar-refractivity contribution in [1.29, 1.82) is 0 Å². The highest BCUT2D eigenvalue weighted by Gasteiger charge is 2.37. The SMILES string of the molecule is CCOC(=O)C(c1cc(C(C)C)cc(F)c1OC)N1CC[C@@H](NCCCCCc2ccc3c(n2)NCCC3)C1. The number of likely N-dealkylation sites (tertiary alicyclic amines) is 1. The summed E-state index contributed by atoms with van der Waals surface area (Å²) in [5, 5.41) is 7.09. The van der Waals surface area contributed by atoms with Crippen LogP contribution in [-0.2, 0) is 22.4 Å². The van der Waals surface area contributed by atoms with Gasteiger partial charge in [0.1, 0.15) is 11.9 Å². The van der Waals surface area contributed by atoms with Crippen LogP contribution in [0.4, 0.5) is 10.2 Å². The van der Waals surface area contributed by atoms with E-state index in [1.54, 1.807) is 6.92 Å². The van der Waals surface area contributed by atoms with E-state index in [-0.39, 0.29) is 30.3 Å². The Morgan fingerprint density at radius 2 is 2.10 bits per heavy atom. The zero-order chi connectivity index (χ0) is 27.8. The summed E-state index contributed by atoms with van der Waals surface area (Å²) in [5.41, 5.74) is 3.89. The molecule has 39 heavy (non-hydrogen) atoms. The summed E-state index contributed by atoms with van der Waals surface area (Å²) in [4.78, 5) is 20.1. The van der Waals surface area contributed by atoms with Gasteiger partial charge in [-0.25, -0.2) is 14.2 Å². The number of rotatable bonds is 13. The normalized spacial score (nSPS) is 18.1. The third-order valence-electron chi connectivity index (χ3n) is 7.85. The number of pyridine rings is 1. The molecule has 2 N–H and O–H groups in total. The van der Waals surface area contributed by atoms with Crippen LogP contribution in [0.3, 0.4) is 0 Å². The van der Waals surface area contributed by atoms with E-state index in [0.29, 0.717) is 12.1 Å². The summed E-state index contributed by atoms with van der Waals surface area (Å²) in [7, 11) is 1.45. The molecular weight excluding hydrogens is 495 g/mol. The fourth-order valence-corrected chi connectivity index (χ4v) is 5.69. The van der Waals surface area contributed by atoms with Gasteiger partial charge in [-0.1, -0.05) is 26.3 Å². The van der Waals surface area contributed by atoms with Crippen molar-refractivity contribution in [1.82, 2.24) is 15.2 Å². The average molecular weight is 541 g/mol. The van der Waals surface area contributed by atoms with Crippen LogP contribution in [0.1, 0.15) is 87.2 Å². The summed E-state index contributed by atoms with van der Waals surface area (Å²) in [5.74, 6) is 0.521. The first kappa shape index (κ1) is 29.3. The first-order valence-corrected chi connectivity index (χ1v) is 14.6. The molecule has 1 unspecified atom stereocenters. The highest BCUT2D eigenvalue weighted by atomic mass is 19.1. The lowest BCUT2D eigenvalue weighted by Gasteiger charge is -2.28. The van der Waals surface area contributed by atoms with Crippen LogP contribution in [-0.4, -0.2) is 61.8 Å². The van der Waals surface area contributed by atoms with E-state index in [2.05, 4.69) is 27.7 Å². The number of fused-ring (bicyclic) bond motifs is 1. The van der Waals surface area contributed by atoms with E-state index in [1.165, 1.54) is 30.9 Å². The van der Waals surface area contributed by atoms with E-state index < -0.39 is 11.9 Å². The highest BCUT2D eigenvalue weighted by Crippen LogP contribution is 2.37. The summed E-state index contributed by atoms with van der Waals surface area (Å²) < 4.78 is 25.9. The molecular formula is C31H45FN4O3. The maximum absolute atomic E-state index is 15.0. The van der Waals surface area contributed by atoms with Gasteiger partial charge in [0.15, 0.2) is 11.6 Å². The molecule has 1 aromatic carbocycles. The fourth-order valence-electron chi connectivity index (χ4n) is 5.69. The molecule has 0 aliphatic carbocycles. The summed E-state index contributed by atoms with van der Waals surface area (Å²) in [6.45, 7) is 9.48. The third-order valence-corrected chi connectivity index (χ3v) is 7.85. The van der Waals surface area contributed by atoms with Crippen molar-refractivity contribution in [2.45, 2.75) is 83.7 Å². The van der Waals surface area contributed by atoms with Gasteiger partial charge in [0.2, 0.25) is 0 Å². The van der Waals surface area contributed by atoms with Crippen LogP contribution in [0.15, 0.2) is 24.3 Å². The van der Waals surface area contributed by atoms with E-state index in [9.17, 15) is 9.18 Å². The largest absolute Gasteiger partial charge is 0.493 e. The predicted octanol–water partition coefficient (Wildman–Crippen LogP) is 5.39. The minimum atomic E-state index is -0.696. The number of carbonyl (C=O) groups excluding carboxylic acids is 1. The van der Waals surface area contributed by atoms with Gasteiger partial charge in [-0.2, -0.15) is 0 Å². The molecule has 8 heteroatoms. The molecule has 0 saturated carbocycles. The second kappa shape index (κ2) is 14.1. The number of halogens is 1. The Bertz CT molecular complexity index is 1110. The quantitative estimate of drug-likeness (QED) is 0.261. The molecule has 7 nitrogen and oxygen atoms in total. The Morgan fingerprint density at radius 1 is 1.26 bits per heavy atom. The van der Waals surface area contributed by atoms with Gasteiger partial charge >= 0.3 is 5.97 Å². The molecule has 214 valence electrons. The van der Waals surface area contributed by atoms with E-state index in [4.69, 9.17) is 14.5 Å². The third kappa shape index (κ3) is 7.48. The van der Waals surface area contributed by atoms with Crippen molar-refractivity contribution in [3.8, 4) is 5.75 Å². The molecule has 2 aliphatic heterocycles. The number of unbranched alkanes of at least 4 members (excludes halogenated alkanes) is 2. The van der Waals surface area contributed by atoms with Crippen LogP contribution in [0.2, 0.25) is 0 Å². The van der Waals surface area contributed by atoms with E-state index in [0.717, 1.165) is 69.5 Å². The molecule has 1 aromatic heterocycles. The number of anilines is 1. The molecule has 0 radical (unpaired) electrons. The maximum Gasteiger partial charge on any atom is 0.328 e. The van der Waals surface area contributed by atoms with Crippen LogP contribution in [0.25, 0.3) is 0 Å². The van der Waals surface area contributed by atoms with Gasteiger partial charge in [-0.05, 0) is 87.2 Å². The number of nitrogens with one attached hydrogen (secondary N) is 2. The Morgan fingerprint density at radius 3 is 2.87 bits per heavy atom. The molecule has 2 aliphatic rings. The van der Waals surface area contributed by atoms with Crippen molar-refractivity contribution in [3.05, 3.63) is 52.5 Å². The monoisotopic (exact) mass is 540 g/mol. The highest BCUT2D eigenvalue weighted by molar-refractivity contribution is 5.79. The van der Waals surface area contributed by atoms with E-state index >= 15 is 0 Å². The van der Waals surface area contributed by atoms with E-state index in [1.807, 2.05) is 19.9 Å². The molecule has 1 fully saturated rings. The molecule has 1 saturated heterocycles. The lowest BCUT2D eigenvalue weighted by Crippen LogP contribution is -2.38. The Kier molecular flexibility index (Phi) is 10.6. The summed E-state index contributed by atoms with van der Waals surface area (Å²) in [6, 6.07) is 7.39. The second-order valence-corrected chi connectivity index (χ2v) is 11.0.